The second kappa shape index (κ2) is 18.0. The maximum absolute atomic E-state index is 11.9. The molecule has 0 saturated carbocycles. The summed E-state index contributed by atoms with van der Waals surface area (Å²) in [6, 6.07) is -1.21. The molecule has 0 radical (unpaired) electrons. The lowest BCUT2D eigenvalue weighted by Gasteiger charge is -2.16. The first-order valence-electron chi connectivity index (χ1n) is 10.8. The van der Waals surface area contributed by atoms with Crippen LogP contribution in [0.15, 0.2) is 12.2 Å². The van der Waals surface area contributed by atoms with Crippen molar-refractivity contribution in [1.29, 1.82) is 0 Å². The molecule has 0 aromatic rings. The Bertz CT molecular complexity index is 409. The molecule has 0 bridgehead atoms. The zero-order valence-corrected chi connectivity index (χ0v) is 17.4. The van der Waals surface area contributed by atoms with Gasteiger partial charge >= 0.3 is 5.97 Å². The number of rotatable bonds is 18. The van der Waals surface area contributed by atoms with Crippen LogP contribution in [0.1, 0.15) is 97.3 Å². The summed E-state index contributed by atoms with van der Waals surface area (Å²) < 4.78 is 0. The number of carboxylic acid groups (broad SMARTS) is 1. The van der Waals surface area contributed by atoms with Crippen LogP contribution in [0.5, 0.6) is 0 Å². The molecule has 0 aliphatic rings. The van der Waals surface area contributed by atoms with E-state index in [9.17, 15) is 9.59 Å². The molecule has 0 fully saturated rings. The molecule has 2 unspecified atom stereocenters. The van der Waals surface area contributed by atoms with E-state index in [1.165, 1.54) is 51.4 Å². The summed E-state index contributed by atoms with van der Waals surface area (Å²) in [6.45, 7) is 3.46. The number of allylic oxidation sites excluding steroid dienone is 2. The number of hydrogen-bond donors (Lipinski definition) is 3. The van der Waals surface area contributed by atoms with Crippen molar-refractivity contribution in [1.82, 2.24) is 5.32 Å². The first-order valence-corrected chi connectivity index (χ1v) is 10.8. The number of nitrogens with one attached hydrogen (secondary N) is 1. The van der Waals surface area contributed by atoms with Crippen molar-refractivity contribution >= 4 is 11.9 Å². The van der Waals surface area contributed by atoms with E-state index in [1.807, 2.05) is 0 Å². The average Bonchev–Trinajstić information content (AvgIpc) is 2.65. The van der Waals surface area contributed by atoms with Gasteiger partial charge in [-0.3, -0.25) is 4.79 Å². The fraction of sp³-hybridized carbons (Fsp3) is 0.818. The van der Waals surface area contributed by atoms with Gasteiger partial charge in [0.1, 0.15) is 6.04 Å². The molecule has 5 nitrogen and oxygen atoms in total. The first-order chi connectivity index (χ1) is 13.0. The summed E-state index contributed by atoms with van der Waals surface area (Å²) in [6.07, 6.45) is 20.1. The van der Waals surface area contributed by atoms with Crippen molar-refractivity contribution in [3.8, 4) is 0 Å². The summed E-state index contributed by atoms with van der Waals surface area (Å²) in [5.74, 6) is -1.73. The lowest BCUT2D eigenvalue weighted by molar-refractivity contribution is -0.143. The number of aliphatic carboxylic acids is 1. The van der Waals surface area contributed by atoms with Crippen LogP contribution in [0, 0.1) is 5.92 Å². The molecule has 158 valence electrons. The molecule has 0 spiro atoms. The molecule has 0 aliphatic heterocycles. The van der Waals surface area contributed by atoms with Crippen molar-refractivity contribution < 1.29 is 19.8 Å². The van der Waals surface area contributed by atoms with Crippen LogP contribution in [-0.2, 0) is 9.59 Å². The van der Waals surface area contributed by atoms with Crippen LogP contribution >= 0.6 is 0 Å². The Hall–Kier alpha value is -1.36. The monoisotopic (exact) mass is 383 g/mol. The zero-order chi connectivity index (χ0) is 20.3. The lowest BCUT2D eigenvalue weighted by atomic mass is 10.0. The van der Waals surface area contributed by atoms with Gasteiger partial charge in [-0.15, -0.1) is 0 Å². The molecule has 2 atom stereocenters. The number of hydrogen-bond acceptors (Lipinski definition) is 3. The van der Waals surface area contributed by atoms with Crippen LogP contribution in [-0.4, -0.2) is 34.7 Å². The quantitative estimate of drug-likeness (QED) is 0.234. The molecular weight excluding hydrogens is 342 g/mol. The van der Waals surface area contributed by atoms with Gasteiger partial charge in [-0.2, -0.15) is 0 Å². The molecule has 0 rings (SSSR count). The number of aliphatic hydroxyl groups excluding tert-OH is 1. The van der Waals surface area contributed by atoms with Gasteiger partial charge in [0.2, 0.25) is 5.91 Å². The Morgan fingerprint density at radius 3 is 1.93 bits per heavy atom. The highest BCUT2D eigenvalue weighted by atomic mass is 16.4. The van der Waals surface area contributed by atoms with E-state index in [-0.39, 0.29) is 11.8 Å². The predicted octanol–water partition coefficient (Wildman–Crippen LogP) is 4.83. The lowest BCUT2D eigenvalue weighted by Crippen LogP contribution is -2.45. The number of carboxylic acids is 1. The largest absolute Gasteiger partial charge is 0.480 e. The Balaban J connectivity index is 3.53. The van der Waals surface area contributed by atoms with Gasteiger partial charge in [0.05, 0.1) is 6.61 Å². The van der Waals surface area contributed by atoms with E-state index in [0.29, 0.717) is 0 Å². The van der Waals surface area contributed by atoms with Gasteiger partial charge in [0, 0.05) is 5.92 Å². The fourth-order valence-corrected chi connectivity index (χ4v) is 2.98. The number of carbonyl (C=O) groups excluding carboxylic acids is 1. The minimum Gasteiger partial charge on any atom is -0.480 e. The average molecular weight is 384 g/mol. The molecule has 0 saturated heterocycles. The summed E-state index contributed by atoms with van der Waals surface area (Å²) in [4.78, 5) is 22.7. The molecule has 0 aromatic carbocycles. The highest BCUT2D eigenvalue weighted by Gasteiger charge is 2.21. The highest BCUT2D eigenvalue weighted by molar-refractivity contribution is 5.84. The number of carbonyl (C=O) groups is 2. The van der Waals surface area contributed by atoms with Crippen LogP contribution in [0.3, 0.4) is 0 Å². The first kappa shape index (κ1) is 25.6. The third-order valence-corrected chi connectivity index (χ3v) is 4.89. The van der Waals surface area contributed by atoms with Crippen LogP contribution in [0.25, 0.3) is 0 Å². The SMILES string of the molecule is CCCCCCCC/C=C\CCCCCCC(C)C(=O)NC(CO)C(=O)O. The third-order valence-electron chi connectivity index (χ3n) is 4.89. The van der Waals surface area contributed by atoms with Gasteiger partial charge in [0.15, 0.2) is 0 Å². The molecular formula is C22H41NO4. The molecule has 0 heterocycles. The Labute approximate surface area is 165 Å². The van der Waals surface area contributed by atoms with Crippen molar-refractivity contribution in [2.45, 2.75) is 103 Å². The summed E-state index contributed by atoms with van der Waals surface area (Å²) in [5, 5.41) is 20.1. The molecule has 1 amide bonds. The third kappa shape index (κ3) is 15.4. The molecule has 0 aliphatic carbocycles. The Morgan fingerprint density at radius 1 is 0.889 bits per heavy atom. The maximum atomic E-state index is 11.9. The number of aliphatic hydroxyl groups is 1. The topological polar surface area (TPSA) is 86.6 Å². The van der Waals surface area contributed by atoms with E-state index < -0.39 is 18.6 Å². The van der Waals surface area contributed by atoms with Gasteiger partial charge in [-0.1, -0.05) is 77.4 Å². The van der Waals surface area contributed by atoms with E-state index in [4.69, 9.17) is 10.2 Å². The zero-order valence-electron chi connectivity index (χ0n) is 17.4. The van der Waals surface area contributed by atoms with Crippen LogP contribution in [0.2, 0.25) is 0 Å². The minimum absolute atomic E-state index is 0.226. The smallest absolute Gasteiger partial charge is 0.328 e. The van der Waals surface area contributed by atoms with E-state index in [0.717, 1.165) is 32.1 Å². The predicted molar refractivity (Wildman–Crippen MR) is 111 cm³/mol. The Morgan fingerprint density at radius 2 is 1.41 bits per heavy atom. The second-order valence-corrected chi connectivity index (χ2v) is 7.50. The summed E-state index contributed by atoms with van der Waals surface area (Å²) in [7, 11) is 0. The number of unbranched alkanes of at least 4 members (excludes halogenated alkanes) is 10. The fourth-order valence-electron chi connectivity index (χ4n) is 2.98. The number of amides is 1. The normalized spacial score (nSPS) is 13.6. The van der Waals surface area contributed by atoms with Gasteiger partial charge in [-0.25, -0.2) is 4.79 Å². The molecule has 0 aromatic heterocycles. The van der Waals surface area contributed by atoms with Crippen molar-refractivity contribution in [3.05, 3.63) is 12.2 Å². The Kier molecular flexibility index (Phi) is 17.1. The molecule has 27 heavy (non-hydrogen) atoms. The van der Waals surface area contributed by atoms with Gasteiger partial charge in [0.25, 0.3) is 0 Å². The van der Waals surface area contributed by atoms with Crippen LogP contribution < -0.4 is 5.32 Å². The van der Waals surface area contributed by atoms with Crippen molar-refractivity contribution in [2.24, 2.45) is 5.92 Å². The summed E-state index contributed by atoms with van der Waals surface area (Å²) >= 11 is 0. The second-order valence-electron chi connectivity index (χ2n) is 7.50. The standard InChI is InChI=1S/C22H41NO4/c1-3-4-5-6-7-8-9-10-11-12-13-14-15-16-17-19(2)21(25)23-20(18-24)22(26)27/h10-11,19-20,24H,3-9,12-18H2,1-2H3,(H,23,25)(H,26,27)/b11-10-. The van der Waals surface area contributed by atoms with Crippen molar-refractivity contribution in [2.75, 3.05) is 6.61 Å². The van der Waals surface area contributed by atoms with E-state index >= 15 is 0 Å². The van der Waals surface area contributed by atoms with E-state index in [1.54, 1.807) is 6.92 Å². The van der Waals surface area contributed by atoms with Crippen molar-refractivity contribution in [3.63, 3.8) is 0 Å². The van der Waals surface area contributed by atoms with Gasteiger partial charge < -0.3 is 15.5 Å². The van der Waals surface area contributed by atoms with E-state index in [2.05, 4.69) is 24.4 Å². The molecule has 3 N–H and O–H groups in total. The summed E-state index contributed by atoms with van der Waals surface area (Å²) in [5.41, 5.74) is 0. The molecule has 5 heteroatoms. The highest BCUT2D eigenvalue weighted by Crippen LogP contribution is 2.12. The maximum Gasteiger partial charge on any atom is 0.328 e. The van der Waals surface area contributed by atoms with Crippen LogP contribution in [0.4, 0.5) is 0 Å². The van der Waals surface area contributed by atoms with Gasteiger partial charge in [-0.05, 0) is 32.1 Å². The minimum atomic E-state index is -1.21.